The number of aliphatic hydroxyl groups is 1. The van der Waals surface area contributed by atoms with Crippen LogP contribution in [-0.2, 0) is 17.9 Å². The van der Waals surface area contributed by atoms with Gasteiger partial charge in [0.25, 0.3) is 0 Å². The number of rotatable bonds is 3. The van der Waals surface area contributed by atoms with Gasteiger partial charge in [-0.25, -0.2) is 0 Å². The van der Waals surface area contributed by atoms with Gasteiger partial charge in [-0.05, 0) is 13.3 Å². The Bertz CT molecular complexity index is 375. The number of amides is 1. The molecule has 16 heavy (non-hydrogen) atoms. The summed E-state index contributed by atoms with van der Waals surface area (Å²) in [5, 5.41) is 16.9. The molecule has 0 saturated carbocycles. The van der Waals surface area contributed by atoms with E-state index in [1.54, 1.807) is 18.2 Å². The molecule has 1 aliphatic heterocycles. The molecule has 0 spiro atoms. The van der Waals surface area contributed by atoms with E-state index >= 15 is 0 Å². The molecule has 88 valence electrons. The Morgan fingerprint density at radius 1 is 1.62 bits per heavy atom. The second-order valence-corrected chi connectivity index (χ2v) is 4.14. The van der Waals surface area contributed by atoms with Crippen LogP contribution in [0, 0.1) is 0 Å². The van der Waals surface area contributed by atoms with Crippen LogP contribution in [0.3, 0.4) is 0 Å². The average molecular weight is 224 g/mol. The number of carbonyl (C=O) groups is 1. The van der Waals surface area contributed by atoms with Crippen molar-refractivity contribution in [1.82, 2.24) is 19.7 Å². The lowest BCUT2D eigenvalue weighted by molar-refractivity contribution is -0.133. The third-order valence-corrected chi connectivity index (χ3v) is 2.77. The molecule has 1 atom stereocenters. The summed E-state index contributed by atoms with van der Waals surface area (Å²) in [5.41, 5.74) is 0. The van der Waals surface area contributed by atoms with E-state index in [0.717, 1.165) is 12.4 Å². The zero-order valence-electron chi connectivity index (χ0n) is 9.33. The molecule has 0 radical (unpaired) electrons. The Hall–Kier alpha value is -1.43. The summed E-state index contributed by atoms with van der Waals surface area (Å²) in [6, 6.07) is 0. The first-order valence-electron chi connectivity index (χ1n) is 5.49. The molecule has 6 heteroatoms. The lowest BCUT2D eigenvalue weighted by Crippen LogP contribution is -2.38. The maximum atomic E-state index is 11.8. The van der Waals surface area contributed by atoms with Crippen molar-refractivity contribution in [3.05, 3.63) is 12.2 Å². The molecule has 0 aromatic carbocycles. The van der Waals surface area contributed by atoms with E-state index in [4.69, 9.17) is 5.11 Å². The monoisotopic (exact) mass is 224 g/mol. The van der Waals surface area contributed by atoms with Crippen molar-refractivity contribution >= 4 is 5.91 Å². The van der Waals surface area contributed by atoms with Gasteiger partial charge in [0.2, 0.25) is 5.91 Å². The molecular formula is C10H16N4O2. The first-order valence-corrected chi connectivity index (χ1v) is 5.49. The van der Waals surface area contributed by atoms with Crippen LogP contribution in [-0.4, -0.2) is 43.3 Å². The van der Waals surface area contributed by atoms with E-state index in [1.165, 1.54) is 0 Å². The van der Waals surface area contributed by atoms with Gasteiger partial charge in [0.15, 0.2) is 5.82 Å². The minimum absolute atomic E-state index is 0.0788. The third-order valence-electron chi connectivity index (χ3n) is 2.77. The highest BCUT2D eigenvalue weighted by molar-refractivity contribution is 5.76. The van der Waals surface area contributed by atoms with Crippen LogP contribution in [0.4, 0.5) is 0 Å². The van der Waals surface area contributed by atoms with E-state index in [-0.39, 0.29) is 5.91 Å². The maximum absolute atomic E-state index is 11.8. The molecule has 0 fully saturated rings. The summed E-state index contributed by atoms with van der Waals surface area (Å²) in [6.45, 7) is 3.67. The van der Waals surface area contributed by atoms with Gasteiger partial charge in [-0.15, -0.1) is 10.2 Å². The highest BCUT2D eigenvalue weighted by atomic mass is 16.3. The molecule has 1 aromatic heterocycles. The number of aromatic nitrogens is 3. The first kappa shape index (κ1) is 11.1. The molecule has 6 nitrogen and oxygen atoms in total. The second-order valence-electron chi connectivity index (χ2n) is 4.14. The van der Waals surface area contributed by atoms with Gasteiger partial charge in [0.1, 0.15) is 6.33 Å². The normalized spacial score (nSPS) is 17.0. The lowest BCUT2D eigenvalue weighted by atomic mass is 10.2. The molecule has 0 aliphatic carbocycles. The Labute approximate surface area is 93.9 Å². The van der Waals surface area contributed by atoms with Gasteiger partial charge in [-0.1, -0.05) is 0 Å². The minimum atomic E-state index is -0.419. The van der Waals surface area contributed by atoms with Gasteiger partial charge < -0.3 is 14.6 Å². The summed E-state index contributed by atoms with van der Waals surface area (Å²) in [7, 11) is 0. The van der Waals surface area contributed by atoms with Gasteiger partial charge in [-0.3, -0.25) is 4.79 Å². The SMILES string of the molecule is CC(O)CCC(=O)N1CCn2cnnc2C1. The summed E-state index contributed by atoms with van der Waals surface area (Å²) < 4.78 is 1.96. The molecule has 2 heterocycles. The van der Waals surface area contributed by atoms with Gasteiger partial charge >= 0.3 is 0 Å². The molecule has 1 unspecified atom stereocenters. The van der Waals surface area contributed by atoms with Crippen molar-refractivity contribution < 1.29 is 9.90 Å². The Balaban J connectivity index is 1.90. The van der Waals surface area contributed by atoms with E-state index in [2.05, 4.69) is 10.2 Å². The molecule has 1 N–H and O–H groups in total. The van der Waals surface area contributed by atoms with Crippen molar-refractivity contribution in [3.63, 3.8) is 0 Å². The highest BCUT2D eigenvalue weighted by Gasteiger charge is 2.21. The van der Waals surface area contributed by atoms with Crippen LogP contribution in [0.2, 0.25) is 0 Å². The molecule has 1 amide bonds. The summed E-state index contributed by atoms with van der Waals surface area (Å²) in [5.74, 6) is 0.909. The Morgan fingerprint density at radius 3 is 3.19 bits per heavy atom. The summed E-state index contributed by atoms with van der Waals surface area (Å²) in [6.07, 6.45) is 2.18. The summed E-state index contributed by atoms with van der Waals surface area (Å²) in [4.78, 5) is 13.6. The fourth-order valence-electron chi connectivity index (χ4n) is 1.77. The molecular weight excluding hydrogens is 208 g/mol. The second kappa shape index (κ2) is 4.61. The zero-order valence-corrected chi connectivity index (χ0v) is 9.33. The van der Waals surface area contributed by atoms with Crippen LogP contribution < -0.4 is 0 Å². The highest BCUT2D eigenvalue weighted by Crippen LogP contribution is 2.11. The van der Waals surface area contributed by atoms with E-state index in [9.17, 15) is 4.79 Å². The number of carbonyl (C=O) groups excluding carboxylic acids is 1. The number of hydrogen-bond donors (Lipinski definition) is 1. The first-order chi connectivity index (χ1) is 7.66. The molecule has 2 rings (SSSR count). The van der Waals surface area contributed by atoms with Crippen LogP contribution >= 0.6 is 0 Å². The molecule has 0 saturated heterocycles. The third kappa shape index (κ3) is 2.38. The van der Waals surface area contributed by atoms with Crippen LogP contribution in [0.25, 0.3) is 0 Å². The molecule has 0 bridgehead atoms. The predicted molar refractivity (Wildman–Crippen MR) is 56.4 cm³/mol. The van der Waals surface area contributed by atoms with E-state index < -0.39 is 6.10 Å². The Kier molecular flexibility index (Phi) is 3.19. The van der Waals surface area contributed by atoms with Crippen molar-refractivity contribution in [2.75, 3.05) is 6.54 Å². The number of hydrogen-bond acceptors (Lipinski definition) is 4. The van der Waals surface area contributed by atoms with E-state index in [0.29, 0.717) is 25.9 Å². The molecule has 1 aliphatic rings. The minimum Gasteiger partial charge on any atom is -0.393 e. The van der Waals surface area contributed by atoms with Gasteiger partial charge in [-0.2, -0.15) is 0 Å². The van der Waals surface area contributed by atoms with Crippen molar-refractivity contribution in [1.29, 1.82) is 0 Å². The fraction of sp³-hybridized carbons (Fsp3) is 0.700. The molecule has 1 aromatic rings. The number of aliphatic hydroxyl groups excluding tert-OH is 1. The number of fused-ring (bicyclic) bond motifs is 1. The van der Waals surface area contributed by atoms with Crippen LogP contribution in [0.1, 0.15) is 25.6 Å². The van der Waals surface area contributed by atoms with Crippen molar-refractivity contribution in [2.24, 2.45) is 0 Å². The van der Waals surface area contributed by atoms with Gasteiger partial charge in [0, 0.05) is 19.5 Å². The standard InChI is InChI=1S/C10H16N4O2/c1-8(15)2-3-10(16)13-4-5-14-7-11-12-9(14)6-13/h7-8,15H,2-6H2,1H3. The fourth-order valence-corrected chi connectivity index (χ4v) is 1.77. The zero-order chi connectivity index (χ0) is 11.5. The summed E-state index contributed by atoms with van der Waals surface area (Å²) >= 11 is 0. The van der Waals surface area contributed by atoms with Crippen molar-refractivity contribution in [2.45, 2.75) is 39.0 Å². The predicted octanol–water partition coefficient (Wildman–Crippen LogP) is -0.219. The smallest absolute Gasteiger partial charge is 0.223 e. The number of nitrogens with zero attached hydrogens (tertiary/aromatic N) is 4. The van der Waals surface area contributed by atoms with Crippen LogP contribution in [0.5, 0.6) is 0 Å². The quantitative estimate of drug-likeness (QED) is 0.770. The topological polar surface area (TPSA) is 71.2 Å². The maximum Gasteiger partial charge on any atom is 0.223 e. The van der Waals surface area contributed by atoms with E-state index in [1.807, 2.05) is 4.57 Å². The Morgan fingerprint density at radius 2 is 2.44 bits per heavy atom. The largest absolute Gasteiger partial charge is 0.393 e. The van der Waals surface area contributed by atoms with Crippen LogP contribution in [0.15, 0.2) is 6.33 Å². The van der Waals surface area contributed by atoms with Crippen molar-refractivity contribution in [3.8, 4) is 0 Å². The lowest BCUT2D eigenvalue weighted by Gasteiger charge is -2.27. The average Bonchev–Trinajstić information content (AvgIpc) is 2.72. The van der Waals surface area contributed by atoms with Gasteiger partial charge in [0.05, 0.1) is 12.6 Å².